The van der Waals surface area contributed by atoms with Crippen LogP contribution in [0.15, 0.2) is 30.3 Å². The lowest BCUT2D eigenvalue weighted by molar-refractivity contribution is 0.144. The molecule has 3 heteroatoms. The number of hydrogen-bond donors (Lipinski definition) is 1. The van der Waals surface area contributed by atoms with Gasteiger partial charge in [-0.2, -0.15) is 0 Å². The quantitative estimate of drug-likeness (QED) is 0.199. The van der Waals surface area contributed by atoms with Gasteiger partial charge in [0, 0.05) is 0 Å². The van der Waals surface area contributed by atoms with Crippen LogP contribution in [-0.2, 0) is 25.7 Å². The molecule has 0 aliphatic rings. The predicted octanol–water partition coefficient (Wildman–Crippen LogP) is 8.39. The first-order valence-corrected chi connectivity index (χ1v) is 12.2. The van der Waals surface area contributed by atoms with E-state index in [2.05, 4.69) is 52.0 Å². The lowest BCUT2D eigenvalue weighted by Gasteiger charge is -2.23. The van der Waals surface area contributed by atoms with Gasteiger partial charge in [-0.05, 0) is 71.6 Å². The molecular formula is C28H40O3. The van der Waals surface area contributed by atoms with Crippen molar-refractivity contribution < 1.29 is 14.6 Å². The molecule has 2 aromatic rings. The highest BCUT2D eigenvalue weighted by molar-refractivity contribution is 5.76. The highest BCUT2D eigenvalue weighted by atomic mass is 16.7. The lowest BCUT2D eigenvalue weighted by Crippen LogP contribution is -2.11. The summed E-state index contributed by atoms with van der Waals surface area (Å²) in [6.45, 7) is 8.79. The van der Waals surface area contributed by atoms with Gasteiger partial charge in [-0.3, -0.25) is 0 Å². The molecule has 170 valence electrons. The first kappa shape index (κ1) is 25.0. The van der Waals surface area contributed by atoms with E-state index in [1.54, 1.807) is 0 Å². The summed E-state index contributed by atoms with van der Waals surface area (Å²) in [4.78, 5) is 11.5. The van der Waals surface area contributed by atoms with Crippen molar-refractivity contribution in [2.45, 2.75) is 98.3 Å². The van der Waals surface area contributed by atoms with Gasteiger partial charge >= 0.3 is 6.16 Å². The van der Waals surface area contributed by atoms with E-state index in [4.69, 9.17) is 4.74 Å². The molecule has 0 bridgehead atoms. The summed E-state index contributed by atoms with van der Waals surface area (Å²) >= 11 is 0. The van der Waals surface area contributed by atoms with Crippen LogP contribution in [0.5, 0.6) is 5.75 Å². The third-order valence-corrected chi connectivity index (χ3v) is 5.93. The first-order chi connectivity index (χ1) is 15.1. The lowest BCUT2D eigenvalue weighted by atomic mass is 9.84. The zero-order chi connectivity index (χ0) is 22.6. The first-order valence-electron chi connectivity index (χ1n) is 12.2. The summed E-state index contributed by atoms with van der Waals surface area (Å²) in [6.07, 6.45) is 10.6. The number of unbranched alkanes of at least 4 members (excludes halogenated alkanes) is 3. The Balaban J connectivity index is 2.68. The summed E-state index contributed by atoms with van der Waals surface area (Å²) in [6, 6.07) is 10.6. The van der Waals surface area contributed by atoms with Crippen molar-refractivity contribution in [1.82, 2.24) is 0 Å². The number of carbonyl (C=O) groups is 1. The second kappa shape index (κ2) is 13.2. The molecule has 31 heavy (non-hydrogen) atoms. The van der Waals surface area contributed by atoms with Crippen LogP contribution in [0.1, 0.15) is 94.9 Å². The summed E-state index contributed by atoms with van der Waals surface area (Å²) in [5.74, 6) is 0.522. The Labute approximate surface area is 188 Å². The topological polar surface area (TPSA) is 46.5 Å². The van der Waals surface area contributed by atoms with Crippen LogP contribution in [0.3, 0.4) is 0 Å². The minimum Gasteiger partial charge on any atom is -0.449 e. The van der Waals surface area contributed by atoms with E-state index in [0.29, 0.717) is 5.75 Å². The highest BCUT2D eigenvalue weighted by Crippen LogP contribution is 2.39. The third kappa shape index (κ3) is 6.85. The van der Waals surface area contributed by atoms with E-state index < -0.39 is 6.16 Å². The van der Waals surface area contributed by atoms with Gasteiger partial charge in [-0.25, -0.2) is 4.79 Å². The SMILES string of the molecule is CCCCCCc1ccccc1-c1cc(OC(=O)O)c(CCC)c(CCC)c1CCC. The fourth-order valence-electron chi connectivity index (χ4n) is 4.58. The second-order valence-electron chi connectivity index (χ2n) is 8.44. The molecule has 0 unspecified atom stereocenters. The van der Waals surface area contributed by atoms with Gasteiger partial charge in [0.15, 0.2) is 0 Å². The van der Waals surface area contributed by atoms with Gasteiger partial charge in [0.25, 0.3) is 0 Å². The van der Waals surface area contributed by atoms with Crippen LogP contribution in [0.2, 0.25) is 0 Å². The Hall–Kier alpha value is -2.29. The van der Waals surface area contributed by atoms with E-state index in [0.717, 1.165) is 56.1 Å². The Bertz CT molecular complexity index is 838. The van der Waals surface area contributed by atoms with Crippen LogP contribution in [0.4, 0.5) is 4.79 Å². The standard InChI is InChI=1S/C28H40O3/c1-5-9-10-11-17-21-18-12-13-19-22(21)26-20-27(31-28(29)30)25(16-8-4)23(14-6-2)24(26)15-7-3/h12-13,18-20H,5-11,14-17H2,1-4H3,(H,29,30). The molecule has 0 aliphatic carbocycles. The average molecular weight is 425 g/mol. The minimum absolute atomic E-state index is 0.522. The Morgan fingerprint density at radius 2 is 1.39 bits per heavy atom. The molecule has 0 radical (unpaired) electrons. The summed E-state index contributed by atoms with van der Waals surface area (Å²) < 4.78 is 5.35. The molecule has 0 saturated heterocycles. The van der Waals surface area contributed by atoms with Crippen molar-refractivity contribution in [3.05, 3.63) is 52.6 Å². The van der Waals surface area contributed by atoms with E-state index in [-0.39, 0.29) is 0 Å². The molecule has 0 atom stereocenters. The molecule has 0 aliphatic heterocycles. The van der Waals surface area contributed by atoms with Gasteiger partial charge < -0.3 is 9.84 Å². The van der Waals surface area contributed by atoms with Crippen molar-refractivity contribution >= 4 is 6.16 Å². The zero-order valence-electron chi connectivity index (χ0n) is 19.9. The largest absolute Gasteiger partial charge is 0.511 e. The number of carboxylic acid groups (broad SMARTS) is 1. The van der Waals surface area contributed by atoms with Crippen molar-refractivity contribution in [3.63, 3.8) is 0 Å². The molecule has 1 N–H and O–H groups in total. The smallest absolute Gasteiger partial charge is 0.449 e. The van der Waals surface area contributed by atoms with Gasteiger partial charge in [0.2, 0.25) is 0 Å². The molecule has 0 aromatic heterocycles. The fourth-order valence-corrected chi connectivity index (χ4v) is 4.58. The monoisotopic (exact) mass is 424 g/mol. The molecule has 0 saturated carbocycles. The fraction of sp³-hybridized carbons (Fsp3) is 0.536. The second-order valence-corrected chi connectivity index (χ2v) is 8.44. The number of aryl methyl sites for hydroxylation is 1. The molecule has 2 aromatic carbocycles. The summed E-state index contributed by atoms with van der Waals surface area (Å²) in [5.41, 5.74) is 7.51. The van der Waals surface area contributed by atoms with Gasteiger partial charge in [-0.15, -0.1) is 0 Å². The maximum absolute atomic E-state index is 11.5. The third-order valence-electron chi connectivity index (χ3n) is 5.93. The normalized spacial score (nSPS) is 11.0. The Morgan fingerprint density at radius 3 is 2.03 bits per heavy atom. The van der Waals surface area contributed by atoms with E-state index in [1.807, 2.05) is 6.07 Å². The molecule has 0 spiro atoms. The number of benzene rings is 2. The summed E-state index contributed by atoms with van der Waals surface area (Å²) in [5, 5.41) is 9.41. The number of rotatable bonds is 13. The molecule has 0 amide bonds. The van der Waals surface area contributed by atoms with Crippen molar-refractivity contribution in [2.75, 3.05) is 0 Å². The summed E-state index contributed by atoms with van der Waals surface area (Å²) in [7, 11) is 0. The van der Waals surface area contributed by atoms with Crippen LogP contribution in [0.25, 0.3) is 11.1 Å². The van der Waals surface area contributed by atoms with E-state index >= 15 is 0 Å². The Morgan fingerprint density at radius 1 is 0.742 bits per heavy atom. The van der Waals surface area contributed by atoms with Crippen LogP contribution in [0, 0.1) is 0 Å². The van der Waals surface area contributed by atoms with Crippen LogP contribution >= 0.6 is 0 Å². The predicted molar refractivity (Wildman–Crippen MR) is 130 cm³/mol. The highest BCUT2D eigenvalue weighted by Gasteiger charge is 2.21. The zero-order valence-corrected chi connectivity index (χ0v) is 19.9. The van der Waals surface area contributed by atoms with Crippen molar-refractivity contribution in [1.29, 1.82) is 0 Å². The van der Waals surface area contributed by atoms with Crippen molar-refractivity contribution in [3.8, 4) is 16.9 Å². The average Bonchev–Trinajstić information content (AvgIpc) is 2.75. The molecule has 0 heterocycles. The number of hydrogen-bond acceptors (Lipinski definition) is 2. The molecular weight excluding hydrogens is 384 g/mol. The maximum atomic E-state index is 11.5. The Kier molecular flexibility index (Phi) is 10.6. The molecule has 3 nitrogen and oxygen atoms in total. The van der Waals surface area contributed by atoms with Crippen LogP contribution in [-0.4, -0.2) is 11.3 Å². The van der Waals surface area contributed by atoms with Gasteiger partial charge in [0.05, 0.1) is 0 Å². The molecule has 0 fully saturated rings. The maximum Gasteiger partial charge on any atom is 0.511 e. The van der Waals surface area contributed by atoms with Crippen LogP contribution < -0.4 is 4.74 Å². The van der Waals surface area contributed by atoms with E-state index in [1.165, 1.54) is 47.9 Å². The number of ether oxygens (including phenoxy) is 1. The van der Waals surface area contributed by atoms with Gasteiger partial charge in [0.1, 0.15) is 5.75 Å². The van der Waals surface area contributed by atoms with E-state index in [9.17, 15) is 9.90 Å². The molecule has 2 rings (SSSR count). The van der Waals surface area contributed by atoms with Gasteiger partial charge in [-0.1, -0.05) is 90.5 Å². The minimum atomic E-state index is -1.23. The van der Waals surface area contributed by atoms with Crippen molar-refractivity contribution in [2.24, 2.45) is 0 Å².